The molecule has 0 aliphatic heterocycles. The van der Waals surface area contributed by atoms with Crippen molar-refractivity contribution in [3.05, 3.63) is 35.8 Å². The Morgan fingerprint density at radius 2 is 2.06 bits per heavy atom. The van der Waals surface area contributed by atoms with E-state index in [0.29, 0.717) is 0 Å². The molecule has 2 aromatic heterocycles. The van der Waals surface area contributed by atoms with Crippen LogP contribution in [0, 0.1) is 0 Å². The minimum atomic E-state index is 0.0161. The highest BCUT2D eigenvalue weighted by Crippen LogP contribution is 2.20. The summed E-state index contributed by atoms with van der Waals surface area (Å²) < 4.78 is 0. The molecule has 0 saturated heterocycles. The highest BCUT2D eigenvalue weighted by atomic mass is 15.4. The van der Waals surface area contributed by atoms with Crippen LogP contribution in [-0.2, 0) is 7.05 Å². The number of nitrogens with one attached hydrogen (secondary N) is 1. The van der Waals surface area contributed by atoms with Crippen molar-refractivity contribution in [2.45, 2.75) is 6.04 Å². The molecule has 6 heteroatoms. The van der Waals surface area contributed by atoms with Gasteiger partial charge in [-0.15, -0.1) is 0 Å². The van der Waals surface area contributed by atoms with E-state index in [-0.39, 0.29) is 6.04 Å². The van der Waals surface area contributed by atoms with Gasteiger partial charge in [-0.1, -0.05) is 6.07 Å². The highest BCUT2D eigenvalue weighted by Gasteiger charge is 2.15. The maximum atomic E-state index is 4.41. The highest BCUT2D eigenvalue weighted by molar-refractivity contribution is 5.38. The Morgan fingerprint density at radius 1 is 1.28 bits per heavy atom. The van der Waals surface area contributed by atoms with Crippen molar-refractivity contribution in [2.75, 3.05) is 26.0 Å². The lowest BCUT2D eigenvalue weighted by Crippen LogP contribution is -2.19. The van der Waals surface area contributed by atoms with Gasteiger partial charge in [0.15, 0.2) is 0 Å². The maximum Gasteiger partial charge on any atom is 0.127 e. The van der Waals surface area contributed by atoms with Crippen LogP contribution < -0.4 is 10.2 Å². The predicted octanol–water partition coefficient (Wildman–Crippen LogP) is 0.585. The molecule has 1 N–H and O–H groups in total. The van der Waals surface area contributed by atoms with Gasteiger partial charge in [-0.3, -0.25) is 0 Å². The molecule has 0 bridgehead atoms. The Hall–Kier alpha value is -1.95. The summed E-state index contributed by atoms with van der Waals surface area (Å²) in [7, 11) is 7.66. The average molecular weight is 246 g/mol. The lowest BCUT2D eigenvalue weighted by atomic mass is 10.1. The van der Waals surface area contributed by atoms with Crippen LogP contribution in [0.25, 0.3) is 0 Å². The average Bonchev–Trinajstić information content (AvgIpc) is 2.77. The molecular formula is C12H18N6. The minimum absolute atomic E-state index is 0.0161. The van der Waals surface area contributed by atoms with E-state index in [9.17, 15) is 0 Å². The number of rotatable bonds is 4. The zero-order valence-corrected chi connectivity index (χ0v) is 11.1. The van der Waals surface area contributed by atoms with Gasteiger partial charge in [-0.2, -0.15) is 15.0 Å². The number of anilines is 1. The van der Waals surface area contributed by atoms with E-state index in [1.54, 1.807) is 11.0 Å². The Bertz CT molecular complexity index is 502. The fourth-order valence-electron chi connectivity index (χ4n) is 1.81. The van der Waals surface area contributed by atoms with E-state index in [4.69, 9.17) is 0 Å². The van der Waals surface area contributed by atoms with Gasteiger partial charge in [-0.25, -0.2) is 4.98 Å². The molecule has 18 heavy (non-hydrogen) atoms. The molecule has 1 atom stereocenters. The molecule has 0 spiro atoms. The summed E-state index contributed by atoms with van der Waals surface area (Å²) in [6.07, 6.45) is 3.63. The van der Waals surface area contributed by atoms with Gasteiger partial charge in [0, 0.05) is 27.3 Å². The van der Waals surface area contributed by atoms with Crippen LogP contribution in [0.1, 0.15) is 17.3 Å². The van der Waals surface area contributed by atoms with Crippen molar-refractivity contribution in [3.63, 3.8) is 0 Å². The van der Waals surface area contributed by atoms with Gasteiger partial charge < -0.3 is 10.2 Å². The first kappa shape index (κ1) is 12.5. The van der Waals surface area contributed by atoms with Gasteiger partial charge in [0.1, 0.15) is 11.5 Å². The van der Waals surface area contributed by atoms with Crippen LogP contribution in [0.4, 0.5) is 5.82 Å². The van der Waals surface area contributed by atoms with Gasteiger partial charge in [-0.05, 0) is 18.7 Å². The van der Waals surface area contributed by atoms with E-state index in [1.807, 2.05) is 45.4 Å². The first-order valence-electron chi connectivity index (χ1n) is 5.78. The zero-order chi connectivity index (χ0) is 13.1. The van der Waals surface area contributed by atoms with Crippen molar-refractivity contribution in [1.29, 1.82) is 0 Å². The van der Waals surface area contributed by atoms with Crippen LogP contribution in [0.3, 0.4) is 0 Å². The molecule has 2 rings (SSSR count). The van der Waals surface area contributed by atoms with E-state index in [0.717, 1.165) is 17.1 Å². The molecule has 0 amide bonds. The minimum Gasteiger partial charge on any atom is -0.363 e. The molecule has 2 heterocycles. The predicted molar refractivity (Wildman–Crippen MR) is 70.5 cm³/mol. The van der Waals surface area contributed by atoms with Crippen molar-refractivity contribution >= 4 is 5.82 Å². The van der Waals surface area contributed by atoms with Crippen LogP contribution in [0.2, 0.25) is 0 Å². The van der Waals surface area contributed by atoms with E-state index >= 15 is 0 Å². The molecule has 2 aromatic rings. The lowest BCUT2D eigenvalue weighted by Gasteiger charge is -2.15. The summed E-state index contributed by atoms with van der Waals surface area (Å²) in [5, 5.41) is 11.6. The topological polar surface area (TPSA) is 58.9 Å². The normalized spacial score (nSPS) is 12.4. The number of aromatic nitrogens is 4. The van der Waals surface area contributed by atoms with Crippen molar-refractivity contribution in [3.8, 4) is 0 Å². The van der Waals surface area contributed by atoms with Crippen LogP contribution in [0.5, 0.6) is 0 Å². The fourth-order valence-corrected chi connectivity index (χ4v) is 1.81. The molecule has 0 fully saturated rings. The van der Waals surface area contributed by atoms with Gasteiger partial charge in [0.05, 0.1) is 12.2 Å². The number of hydrogen-bond acceptors (Lipinski definition) is 5. The van der Waals surface area contributed by atoms with Gasteiger partial charge >= 0.3 is 0 Å². The Balaban J connectivity index is 2.28. The fraction of sp³-hybridized carbons (Fsp3) is 0.417. The van der Waals surface area contributed by atoms with E-state index in [1.165, 1.54) is 0 Å². The molecule has 0 aliphatic rings. The molecule has 0 aromatic carbocycles. The first-order chi connectivity index (χ1) is 8.61. The third-order valence-corrected chi connectivity index (χ3v) is 2.76. The van der Waals surface area contributed by atoms with Crippen molar-refractivity contribution in [1.82, 2.24) is 25.3 Å². The van der Waals surface area contributed by atoms with Crippen LogP contribution in [-0.4, -0.2) is 41.1 Å². The Labute approximate surface area is 107 Å². The summed E-state index contributed by atoms with van der Waals surface area (Å²) in [5.74, 6) is 0.938. The zero-order valence-electron chi connectivity index (χ0n) is 11.1. The second kappa shape index (κ2) is 5.14. The monoisotopic (exact) mass is 246 g/mol. The smallest absolute Gasteiger partial charge is 0.127 e. The molecule has 0 saturated carbocycles. The molecule has 0 aliphatic carbocycles. The Morgan fingerprint density at radius 3 is 2.50 bits per heavy atom. The largest absolute Gasteiger partial charge is 0.363 e. The van der Waals surface area contributed by atoms with Crippen LogP contribution in [0.15, 0.2) is 24.5 Å². The first-order valence-corrected chi connectivity index (χ1v) is 5.78. The maximum absolute atomic E-state index is 4.41. The number of pyridine rings is 1. The summed E-state index contributed by atoms with van der Waals surface area (Å²) in [6, 6.07) is 4.07. The molecule has 1 unspecified atom stereocenters. The summed E-state index contributed by atoms with van der Waals surface area (Å²) in [6.45, 7) is 0. The summed E-state index contributed by atoms with van der Waals surface area (Å²) in [4.78, 5) is 7.94. The van der Waals surface area contributed by atoms with Gasteiger partial charge in [0.2, 0.25) is 0 Å². The standard InChI is InChI=1S/C12H18N6/c1-13-12(10-8-15-18(4)16-10)9-5-6-11(14-7-9)17(2)3/h5-8,12-13H,1-4H3. The third-order valence-electron chi connectivity index (χ3n) is 2.76. The number of hydrogen-bond donors (Lipinski definition) is 1. The SMILES string of the molecule is CNC(c1ccc(N(C)C)nc1)c1cnn(C)n1. The van der Waals surface area contributed by atoms with Crippen LogP contribution >= 0.6 is 0 Å². The number of aryl methyl sites for hydroxylation is 1. The van der Waals surface area contributed by atoms with Crippen molar-refractivity contribution in [2.24, 2.45) is 7.05 Å². The second-order valence-corrected chi connectivity index (χ2v) is 4.32. The molecule has 0 radical (unpaired) electrons. The van der Waals surface area contributed by atoms with E-state index < -0.39 is 0 Å². The number of nitrogens with zero attached hydrogens (tertiary/aromatic N) is 5. The quantitative estimate of drug-likeness (QED) is 0.855. The Kier molecular flexibility index (Phi) is 3.57. The van der Waals surface area contributed by atoms with Gasteiger partial charge in [0.25, 0.3) is 0 Å². The second-order valence-electron chi connectivity index (χ2n) is 4.32. The lowest BCUT2D eigenvalue weighted by molar-refractivity contribution is 0.612. The van der Waals surface area contributed by atoms with E-state index in [2.05, 4.69) is 26.6 Å². The third kappa shape index (κ3) is 2.48. The molecule has 96 valence electrons. The molecule has 6 nitrogen and oxygen atoms in total. The molecular weight excluding hydrogens is 228 g/mol. The summed E-state index contributed by atoms with van der Waals surface area (Å²) >= 11 is 0. The summed E-state index contributed by atoms with van der Waals surface area (Å²) in [5.41, 5.74) is 1.96. The van der Waals surface area contributed by atoms with Crippen molar-refractivity contribution < 1.29 is 0 Å².